The van der Waals surface area contributed by atoms with Gasteiger partial charge in [-0.1, -0.05) is 13.8 Å². The minimum atomic E-state index is 0.316. The molecule has 0 unspecified atom stereocenters. The largest absolute Gasteiger partial charge is 0.481 e. The molecule has 0 fully saturated rings. The molecular weight excluding hydrogens is 164 g/mol. The van der Waals surface area contributed by atoms with E-state index < -0.39 is 0 Å². The molecule has 1 rings (SSSR count). The highest BCUT2D eigenvalue weighted by molar-refractivity contribution is 5.37. The Morgan fingerprint density at radius 1 is 1.54 bits per heavy atom. The molecule has 0 bridgehead atoms. The molecule has 0 radical (unpaired) electrons. The highest BCUT2D eigenvalue weighted by Crippen LogP contribution is 2.24. The van der Waals surface area contributed by atoms with E-state index in [-0.39, 0.29) is 0 Å². The van der Waals surface area contributed by atoms with Crippen LogP contribution in [0.3, 0.4) is 0 Å². The summed E-state index contributed by atoms with van der Waals surface area (Å²) in [7, 11) is 1.58. The maximum atomic E-state index is 8.68. The molecule has 0 aliphatic carbocycles. The number of methoxy groups -OCH3 is 1. The van der Waals surface area contributed by atoms with E-state index in [1.54, 1.807) is 7.11 Å². The molecule has 0 aliphatic heterocycles. The number of nitriles is 1. The Labute approximate surface area is 78.0 Å². The summed E-state index contributed by atoms with van der Waals surface area (Å²) in [5.74, 6) is 0.921. The third-order valence-corrected chi connectivity index (χ3v) is 1.82. The fraction of sp³-hybridized carbons (Fsp3) is 0.400. The van der Waals surface area contributed by atoms with Gasteiger partial charge in [-0.3, -0.25) is 0 Å². The first-order chi connectivity index (χ1) is 6.19. The molecule has 3 nitrogen and oxygen atoms in total. The van der Waals surface area contributed by atoms with E-state index in [0.717, 1.165) is 5.56 Å². The highest BCUT2D eigenvalue weighted by Gasteiger charge is 2.09. The van der Waals surface area contributed by atoms with Crippen molar-refractivity contribution in [3.63, 3.8) is 0 Å². The molecule has 0 atom stereocenters. The van der Waals surface area contributed by atoms with Crippen LogP contribution >= 0.6 is 0 Å². The van der Waals surface area contributed by atoms with Gasteiger partial charge in [-0.25, -0.2) is 4.98 Å². The molecule has 0 saturated heterocycles. The van der Waals surface area contributed by atoms with E-state index in [9.17, 15) is 0 Å². The van der Waals surface area contributed by atoms with Crippen molar-refractivity contribution in [2.45, 2.75) is 19.8 Å². The van der Waals surface area contributed by atoms with Crippen molar-refractivity contribution in [1.29, 1.82) is 5.26 Å². The second-order valence-electron chi connectivity index (χ2n) is 3.09. The van der Waals surface area contributed by atoms with Gasteiger partial charge < -0.3 is 4.74 Å². The lowest BCUT2D eigenvalue weighted by Gasteiger charge is -2.09. The molecule has 0 spiro atoms. The Bertz CT molecular complexity index is 339. The Morgan fingerprint density at radius 3 is 2.69 bits per heavy atom. The third kappa shape index (κ3) is 1.97. The van der Waals surface area contributed by atoms with Gasteiger partial charge in [-0.15, -0.1) is 0 Å². The normalized spacial score (nSPS) is 9.77. The summed E-state index contributed by atoms with van der Waals surface area (Å²) in [5, 5.41) is 8.68. The average molecular weight is 176 g/mol. The van der Waals surface area contributed by atoms with Crippen LogP contribution in [-0.4, -0.2) is 12.1 Å². The summed E-state index contributed by atoms with van der Waals surface area (Å²) in [6.07, 6.45) is 1.52. The zero-order valence-corrected chi connectivity index (χ0v) is 8.03. The Morgan fingerprint density at radius 2 is 2.23 bits per heavy atom. The summed E-state index contributed by atoms with van der Waals surface area (Å²) in [4.78, 5) is 4.04. The summed E-state index contributed by atoms with van der Waals surface area (Å²) in [6.45, 7) is 4.08. The van der Waals surface area contributed by atoms with Crippen molar-refractivity contribution in [3.05, 3.63) is 23.4 Å². The molecule has 1 aromatic heterocycles. The van der Waals surface area contributed by atoms with E-state index in [1.165, 1.54) is 6.20 Å². The monoisotopic (exact) mass is 176 g/mol. The zero-order chi connectivity index (χ0) is 9.84. The van der Waals surface area contributed by atoms with Gasteiger partial charge in [0.2, 0.25) is 5.88 Å². The van der Waals surface area contributed by atoms with Crippen molar-refractivity contribution < 1.29 is 4.74 Å². The lowest BCUT2D eigenvalue weighted by molar-refractivity contribution is 0.390. The van der Waals surface area contributed by atoms with Crippen LogP contribution < -0.4 is 4.74 Å². The summed E-state index contributed by atoms with van der Waals surface area (Å²) < 4.78 is 5.09. The van der Waals surface area contributed by atoms with Gasteiger partial charge in [0.25, 0.3) is 0 Å². The maximum absolute atomic E-state index is 8.68. The van der Waals surface area contributed by atoms with E-state index in [4.69, 9.17) is 10.00 Å². The topological polar surface area (TPSA) is 45.9 Å². The van der Waals surface area contributed by atoms with Crippen LogP contribution in [0.25, 0.3) is 0 Å². The standard InChI is InChI=1S/C10H12N2O/c1-7(2)9-4-8(5-11)6-12-10(9)13-3/h4,6-7H,1-3H3. The van der Waals surface area contributed by atoms with E-state index >= 15 is 0 Å². The molecule has 68 valence electrons. The fourth-order valence-corrected chi connectivity index (χ4v) is 1.11. The van der Waals surface area contributed by atoms with Crippen molar-refractivity contribution in [1.82, 2.24) is 4.98 Å². The first-order valence-corrected chi connectivity index (χ1v) is 4.13. The van der Waals surface area contributed by atoms with Crippen molar-refractivity contribution >= 4 is 0 Å². The quantitative estimate of drug-likeness (QED) is 0.693. The fourth-order valence-electron chi connectivity index (χ4n) is 1.11. The second kappa shape index (κ2) is 3.90. The van der Waals surface area contributed by atoms with Crippen LogP contribution in [0.2, 0.25) is 0 Å². The Kier molecular flexibility index (Phi) is 2.86. The van der Waals surface area contributed by atoms with Crippen LogP contribution in [0, 0.1) is 11.3 Å². The lowest BCUT2D eigenvalue weighted by Crippen LogP contribution is -1.97. The van der Waals surface area contributed by atoms with E-state index in [0.29, 0.717) is 17.4 Å². The van der Waals surface area contributed by atoms with Gasteiger partial charge in [0.1, 0.15) is 6.07 Å². The summed E-state index contributed by atoms with van der Waals surface area (Å²) in [5.41, 5.74) is 1.55. The van der Waals surface area contributed by atoms with Gasteiger partial charge in [0.05, 0.1) is 12.7 Å². The van der Waals surface area contributed by atoms with Crippen molar-refractivity contribution in [2.75, 3.05) is 7.11 Å². The molecule has 1 heterocycles. The molecule has 13 heavy (non-hydrogen) atoms. The molecule has 3 heteroatoms. The number of nitrogens with zero attached hydrogens (tertiary/aromatic N) is 2. The van der Waals surface area contributed by atoms with Crippen LogP contribution in [0.1, 0.15) is 30.9 Å². The predicted octanol–water partition coefficient (Wildman–Crippen LogP) is 2.09. The number of ether oxygens (including phenoxy) is 1. The molecule has 0 N–H and O–H groups in total. The van der Waals surface area contributed by atoms with E-state index in [2.05, 4.69) is 11.1 Å². The number of aromatic nitrogens is 1. The van der Waals surface area contributed by atoms with Gasteiger partial charge in [-0.2, -0.15) is 5.26 Å². The molecule has 0 saturated carbocycles. The van der Waals surface area contributed by atoms with Gasteiger partial charge in [0.15, 0.2) is 0 Å². The SMILES string of the molecule is COc1ncc(C#N)cc1C(C)C. The third-order valence-electron chi connectivity index (χ3n) is 1.82. The van der Waals surface area contributed by atoms with Crippen LogP contribution in [0.5, 0.6) is 5.88 Å². The van der Waals surface area contributed by atoms with Gasteiger partial charge in [-0.05, 0) is 12.0 Å². The molecule has 1 aromatic rings. The number of rotatable bonds is 2. The minimum absolute atomic E-state index is 0.316. The smallest absolute Gasteiger partial charge is 0.216 e. The van der Waals surface area contributed by atoms with Gasteiger partial charge in [0, 0.05) is 11.8 Å². The predicted molar refractivity (Wildman–Crippen MR) is 49.6 cm³/mol. The Balaban J connectivity index is 3.20. The van der Waals surface area contributed by atoms with Crippen LogP contribution in [0.15, 0.2) is 12.3 Å². The van der Waals surface area contributed by atoms with Crippen LogP contribution in [-0.2, 0) is 0 Å². The molecular formula is C10H12N2O. The second-order valence-corrected chi connectivity index (χ2v) is 3.09. The van der Waals surface area contributed by atoms with Crippen LogP contribution in [0.4, 0.5) is 0 Å². The van der Waals surface area contributed by atoms with Gasteiger partial charge >= 0.3 is 0 Å². The maximum Gasteiger partial charge on any atom is 0.216 e. The summed E-state index contributed by atoms with van der Waals surface area (Å²) in [6, 6.07) is 3.87. The number of hydrogen-bond donors (Lipinski definition) is 0. The molecule has 0 amide bonds. The zero-order valence-electron chi connectivity index (χ0n) is 8.03. The first-order valence-electron chi connectivity index (χ1n) is 4.13. The lowest BCUT2D eigenvalue weighted by atomic mass is 10.0. The molecule has 0 aromatic carbocycles. The highest BCUT2D eigenvalue weighted by atomic mass is 16.5. The number of pyridine rings is 1. The average Bonchev–Trinajstić information content (AvgIpc) is 2.16. The van der Waals surface area contributed by atoms with Crippen molar-refractivity contribution in [2.24, 2.45) is 0 Å². The van der Waals surface area contributed by atoms with Crippen molar-refractivity contribution in [3.8, 4) is 11.9 Å². The molecule has 0 aliphatic rings. The number of hydrogen-bond acceptors (Lipinski definition) is 3. The minimum Gasteiger partial charge on any atom is -0.481 e. The Hall–Kier alpha value is -1.56. The summed E-state index contributed by atoms with van der Waals surface area (Å²) >= 11 is 0. The first kappa shape index (κ1) is 9.53. The van der Waals surface area contributed by atoms with E-state index in [1.807, 2.05) is 19.9 Å².